The summed E-state index contributed by atoms with van der Waals surface area (Å²) >= 11 is 0. The molecule has 1 amide bonds. The van der Waals surface area contributed by atoms with Gasteiger partial charge in [0.2, 0.25) is 5.91 Å². The minimum Gasteiger partial charge on any atom is -0.368 e. The second-order valence-electron chi connectivity index (χ2n) is 6.65. The molecule has 1 aromatic rings. The van der Waals surface area contributed by atoms with Crippen LogP contribution in [0.5, 0.6) is 0 Å². The van der Waals surface area contributed by atoms with Crippen molar-refractivity contribution in [2.45, 2.75) is 12.8 Å². The zero-order valence-electron chi connectivity index (χ0n) is 12.8. The van der Waals surface area contributed by atoms with Gasteiger partial charge in [-0.1, -0.05) is 0 Å². The van der Waals surface area contributed by atoms with Gasteiger partial charge in [0.05, 0.1) is 17.3 Å². The summed E-state index contributed by atoms with van der Waals surface area (Å²) in [5.41, 5.74) is 0.962. The Morgan fingerprint density at radius 1 is 1.18 bits per heavy atom. The number of hydrogen-bond donors (Lipinski definition) is 2. The summed E-state index contributed by atoms with van der Waals surface area (Å²) in [5, 5.41) is 6.37. The Labute approximate surface area is 130 Å². The molecule has 4 rings (SSSR count). The first-order valence-electron chi connectivity index (χ1n) is 8.21. The second-order valence-corrected chi connectivity index (χ2v) is 6.65. The van der Waals surface area contributed by atoms with Crippen molar-refractivity contribution in [3.63, 3.8) is 0 Å². The smallest absolute Gasteiger partial charge is 0.233 e. The number of anilines is 2. The lowest BCUT2D eigenvalue weighted by atomic mass is 9.84. The lowest BCUT2D eigenvalue weighted by Crippen LogP contribution is -2.43. The summed E-state index contributed by atoms with van der Waals surface area (Å²) in [6.07, 6.45) is 3.84. The highest BCUT2D eigenvalue weighted by Crippen LogP contribution is 2.41. The van der Waals surface area contributed by atoms with Crippen molar-refractivity contribution in [1.29, 1.82) is 0 Å². The predicted molar refractivity (Wildman–Crippen MR) is 86.1 cm³/mol. The van der Waals surface area contributed by atoms with E-state index < -0.39 is 0 Å². The molecule has 22 heavy (non-hydrogen) atoms. The fourth-order valence-electron chi connectivity index (χ4n) is 3.84. The van der Waals surface area contributed by atoms with Crippen LogP contribution in [0.3, 0.4) is 0 Å². The molecular formula is C16H23N5O. The molecule has 4 heterocycles. The second kappa shape index (κ2) is 5.52. The largest absolute Gasteiger partial charge is 0.368 e. The molecule has 0 radical (unpaired) electrons. The summed E-state index contributed by atoms with van der Waals surface area (Å²) in [6.45, 7) is 7.07. The Balaban J connectivity index is 1.41. The molecule has 3 fully saturated rings. The van der Waals surface area contributed by atoms with E-state index in [4.69, 9.17) is 0 Å². The molecule has 2 bridgehead atoms. The number of piperidine rings is 1. The fraction of sp³-hybridized carbons (Fsp3) is 0.625. The van der Waals surface area contributed by atoms with Gasteiger partial charge < -0.3 is 20.4 Å². The van der Waals surface area contributed by atoms with E-state index in [9.17, 15) is 4.79 Å². The highest BCUT2D eigenvalue weighted by Gasteiger charge is 2.49. The van der Waals surface area contributed by atoms with Gasteiger partial charge in [0.15, 0.2) is 0 Å². The molecule has 3 aliphatic heterocycles. The lowest BCUT2D eigenvalue weighted by Gasteiger charge is -2.29. The average molecular weight is 301 g/mol. The third-order valence-electron chi connectivity index (χ3n) is 5.29. The van der Waals surface area contributed by atoms with Crippen molar-refractivity contribution >= 4 is 17.4 Å². The Kier molecular flexibility index (Phi) is 3.50. The lowest BCUT2D eigenvalue weighted by molar-refractivity contribution is -0.124. The van der Waals surface area contributed by atoms with E-state index in [0.717, 1.165) is 64.3 Å². The highest BCUT2D eigenvalue weighted by atomic mass is 16.2. The zero-order valence-corrected chi connectivity index (χ0v) is 12.8. The molecule has 2 N–H and O–H groups in total. The van der Waals surface area contributed by atoms with Crippen LogP contribution < -0.4 is 15.5 Å². The first-order valence-corrected chi connectivity index (χ1v) is 8.21. The minimum atomic E-state index is -0.168. The molecule has 1 aromatic heterocycles. The topological polar surface area (TPSA) is 60.5 Å². The van der Waals surface area contributed by atoms with Crippen LogP contribution in [-0.4, -0.2) is 61.6 Å². The number of nitrogens with zero attached hydrogens (tertiary/aromatic N) is 3. The summed E-state index contributed by atoms with van der Waals surface area (Å²) in [5.74, 6) is 0.818. The summed E-state index contributed by atoms with van der Waals surface area (Å²) in [7, 11) is 0. The number of hydrogen-bond acceptors (Lipinski definition) is 5. The van der Waals surface area contributed by atoms with Gasteiger partial charge in [-0.05, 0) is 38.1 Å². The van der Waals surface area contributed by atoms with Crippen molar-refractivity contribution in [1.82, 2.24) is 15.2 Å². The van der Waals surface area contributed by atoms with E-state index in [2.05, 4.69) is 31.5 Å². The summed E-state index contributed by atoms with van der Waals surface area (Å²) < 4.78 is 0. The van der Waals surface area contributed by atoms with E-state index in [1.165, 1.54) is 0 Å². The molecule has 0 unspecified atom stereocenters. The molecule has 3 aliphatic rings. The number of carbonyl (C=O) groups excluding carboxylic acids is 1. The Morgan fingerprint density at radius 3 is 2.55 bits per heavy atom. The molecule has 0 aromatic carbocycles. The van der Waals surface area contributed by atoms with Crippen LogP contribution in [0.2, 0.25) is 0 Å². The Morgan fingerprint density at radius 2 is 1.95 bits per heavy atom. The van der Waals surface area contributed by atoms with E-state index in [-0.39, 0.29) is 11.3 Å². The maximum Gasteiger partial charge on any atom is 0.233 e. The van der Waals surface area contributed by atoms with E-state index in [1.54, 1.807) is 0 Å². The van der Waals surface area contributed by atoms with Crippen LogP contribution in [-0.2, 0) is 4.79 Å². The van der Waals surface area contributed by atoms with E-state index in [0.29, 0.717) is 5.82 Å². The number of rotatable bonds is 3. The number of aromatic nitrogens is 1. The SMILES string of the molecule is O=C(Nc1ccc(N2CCNCC2)cn1)C12CCN(CC1)C2. The van der Waals surface area contributed by atoms with Gasteiger partial charge in [0.25, 0.3) is 0 Å². The maximum absolute atomic E-state index is 12.6. The van der Waals surface area contributed by atoms with Gasteiger partial charge in [-0.25, -0.2) is 4.98 Å². The van der Waals surface area contributed by atoms with Gasteiger partial charge in [-0.15, -0.1) is 0 Å². The number of fused-ring (bicyclic) bond motifs is 2. The molecule has 0 atom stereocenters. The van der Waals surface area contributed by atoms with E-state index in [1.807, 2.05) is 12.3 Å². The van der Waals surface area contributed by atoms with Gasteiger partial charge >= 0.3 is 0 Å². The van der Waals surface area contributed by atoms with Crippen molar-refractivity contribution in [2.24, 2.45) is 5.41 Å². The van der Waals surface area contributed by atoms with Gasteiger partial charge in [0, 0.05) is 32.7 Å². The molecule has 118 valence electrons. The van der Waals surface area contributed by atoms with Crippen LogP contribution in [0.4, 0.5) is 11.5 Å². The number of carbonyl (C=O) groups is 1. The van der Waals surface area contributed by atoms with Crippen molar-refractivity contribution in [3.8, 4) is 0 Å². The number of piperazine rings is 1. The number of amides is 1. The van der Waals surface area contributed by atoms with Crippen molar-refractivity contribution in [3.05, 3.63) is 18.3 Å². The quantitative estimate of drug-likeness (QED) is 0.853. The van der Waals surface area contributed by atoms with Crippen molar-refractivity contribution in [2.75, 3.05) is 56.0 Å². The van der Waals surface area contributed by atoms with Crippen molar-refractivity contribution < 1.29 is 4.79 Å². The zero-order chi connectivity index (χ0) is 15.0. The molecule has 0 aliphatic carbocycles. The van der Waals surface area contributed by atoms with Crippen LogP contribution in [0, 0.1) is 5.41 Å². The van der Waals surface area contributed by atoms with Gasteiger partial charge in [-0.3, -0.25) is 4.79 Å². The Bertz CT molecular complexity index is 544. The predicted octanol–water partition coefficient (Wildman–Crippen LogP) is 0.526. The van der Waals surface area contributed by atoms with Crippen LogP contribution in [0.15, 0.2) is 18.3 Å². The maximum atomic E-state index is 12.6. The third kappa shape index (κ3) is 2.46. The van der Waals surface area contributed by atoms with Gasteiger partial charge in [0.1, 0.15) is 5.82 Å². The van der Waals surface area contributed by atoms with Crippen LogP contribution >= 0.6 is 0 Å². The molecule has 0 saturated carbocycles. The van der Waals surface area contributed by atoms with Crippen LogP contribution in [0.1, 0.15) is 12.8 Å². The van der Waals surface area contributed by atoms with Crippen LogP contribution in [0.25, 0.3) is 0 Å². The fourth-order valence-corrected chi connectivity index (χ4v) is 3.84. The average Bonchev–Trinajstić information content (AvgIpc) is 3.19. The first kappa shape index (κ1) is 14.0. The summed E-state index contributed by atoms with van der Waals surface area (Å²) in [6, 6.07) is 3.98. The molecular weight excluding hydrogens is 278 g/mol. The molecule has 0 spiro atoms. The van der Waals surface area contributed by atoms with Gasteiger partial charge in [-0.2, -0.15) is 0 Å². The normalized spacial score (nSPS) is 30.5. The molecule has 6 heteroatoms. The standard InChI is InChI=1S/C16H23N5O/c22-15(16-3-7-20(12-16)8-4-16)19-14-2-1-13(11-18-14)21-9-5-17-6-10-21/h1-2,11,17H,3-10,12H2,(H,18,19,22). The molecule has 6 nitrogen and oxygen atoms in total. The first-order chi connectivity index (χ1) is 10.8. The number of nitrogens with one attached hydrogen (secondary N) is 2. The highest BCUT2D eigenvalue weighted by molar-refractivity contribution is 5.95. The Hall–Kier alpha value is -1.66. The third-order valence-corrected chi connectivity index (χ3v) is 5.29. The number of pyridine rings is 1. The molecule has 3 saturated heterocycles. The summed E-state index contributed by atoms with van der Waals surface area (Å²) in [4.78, 5) is 21.7. The minimum absolute atomic E-state index is 0.148. The monoisotopic (exact) mass is 301 g/mol. The van der Waals surface area contributed by atoms with E-state index >= 15 is 0 Å².